The molecule has 0 spiro atoms. The Labute approximate surface area is 126 Å². The molecule has 108 valence electrons. The Bertz CT molecular complexity index is 536. The van der Waals surface area contributed by atoms with Crippen molar-refractivity contribution in [2.45, 2.75) is 39.3 Å². The van der Waals surface area contributed by atoms with Crippen molar-refractivity contribution in [1.82, 2.24) is 15.1 Å². The molecule has 0 saturated heterocycles. The third-order valence-electron chi connectivity index (χ3n) is 3.43. The fourth-order valence-electron chi connectivity index (χ4n) is 2.39. The molecule has 1 N–H and O–H groups in total. The zero-order valence-electron chi connectivity index (χ0n) is 12.1. The lowest BCUT2D eigenvalue weighted by atomic mass is 10.0. The highest BCUT2D eigenvalue weighted by molar-refractivity contribution is 6.31. The number of hydrogen-bond donors (Lipinski definition) is 1. The molecule has 1 heterocycles. The van der Waals surface area contributed by atoms with Crippen molar-refractivity contribution in [3.63, 3.8) is 0 Å². The van der Waals surface area contributed by atoms with Crippen molar-refractivity contribution in [2.75, 3.05) is 6.54 Å². The maximum Gasteiger partial charge on any atom is 0.0556 e. The van der Waals surface area contributed by atoms with E-state index >= 15 is 0 Å². The molecule has 0 aliphatic carbocycles. The standard InChI is InChI=1S/C16H22ClN3/c1-3-10-18-15(16-9-11-19-20(16)4-2)12-13-7-5-6-8-14(13)17/h5-9,11,15,18H,3-4,10,12H2,1-2H3. The molecule has 20 heavy (non-hydrogen) atoms. The van der Waals surface area contributed by atoms with E-state index in [1.165, 1.54) is 11.3 Å². The van der Waals surface area contributed by atoms with Crippen LogP contribution in [0.1, 0.15) is 37.6 Å². The highest BCUT2D eigenvalue weighted by Crippen LogP contribution is 2.23. The molecule has 0 aliphatic rings. The highest BCUT2D eigenvalue weighted by Gasteiger charge is 2.16. The quantitative estimate of drug-likeness (QED) is 0.840. The van der Waals surface area contributed by atoms with Gasteiger partial charge in [0.1, 0.15) is 0 Å². The molecule has 2 rings (SSSR count). The Morgan fingerprint density at radius 2 is 2.05 bits per heavy atom. The summed E-state index contributed by atoms with van der Waals surface area (Å²) in [5, 5.41) is 8.81. The summed E-state index contributed by atoms with van der Waals surface area (Å²) in [4.78, 5) is 0. The molecular formula is C16H22ClN3. The molecule has 1 aromatic carbocycles. The van der Waals surface area contributed by atoms with E-state index in [1.54, 1.807) is 0 Å². The number of aryl methyl sites for hydroxylation is 1. The van der Waals surface area contributed by atoms with Crippen molar-refractivity contribution in [3.05, 3.63) is 52.8 Å². The van der Waals surface area contributed by atoms with Gasteiger partial charge in [-0.25, -0.2) is 0 Å². The van der Waals surface area contributed by atoms with E-state index in [0.29, 0.717) is 0 Å². The van der Waals surface area contributed by atoms with E-state index in [0.717, 1.165) is 31.0 Å². The molecule has 1 aromatic heterocycles. The number of nitrogens with zero attached hydrogens (tertiary/aromatic N) is 2. The van der Waals surface area contributed by atoms with Gasteiger partial charge < -0.3 is 5.32 Å². The van der Waals surface area contributed by atoms with Gasteiger partial charge in [0.15, 0.2) is 0 Å². The molecule has 4 heteroatoms. The lowest BCUT2D eigenvalue weighted by molar-refractivity contribution is 0.479. The van der Waals surface area contributed by atoms with Gasteiger partial charge in [0.25, 0.3) is 0 Å². The molecule has 2 aromatic rings. The van der Waals surface area contributed by atoms with Gasteiger partial charge in [0, 0.05) is 17.8 Å². The molecule has 0 radical (unpaired) electrons. The second-order valence-electron chi connectivity index (χ2n) is 4.87. The van der Waals surface area contributed by atoms with Crippen molar-refractivity contribution >= 4 is 11.6 Å². The third kappa shape index (κ3) is 3.62. The van der Waals surface area contributed by atoms with Crippen LogP contribution in [-0.4, -0.2) is 16.3 Å². The highest BCUT2D eigenvalue weighted by atomic mass is 35.5. The summed E-state index contributed by atoms with van der Waals surface area (Å²) in [6, 6.07) is 10.4. The summed E-state index contributed by atoms with van der Waals surface area (Å²) < 4.78 is 2.05. The van der Waals surface area contributed by atoms with Gasteiger partial charge in [-0.15, -0.1) is 0 Å². The number of aromatic nitrogens is 2. The molecule has 0 amide bonds. The fraction of sp³-hybridized carbons (Fsp3) is 0.438. The SMILES string of the molecule is CCCNC(Cc1ccccc1Cl)c1ccnn1CC. The topological polar surface area (TPSA) is 29.9 Å². The number of hydrogen-bond acceptors (Lipinski definition) is 2. The van der Waals surface area contributed by atoms with Crippen LogP contribution in [-0.2, 0) is 13.0 Å². The molecule has 1 atom stereocenters. The average Bonchev–Trinajstić information content (AvgIpc) is 2.93. The van der Waals surface area contributed by atoms with E-state index in [9.17, 15) is 0 Å². The van der Waals surface area contributed by atoms with Crippen LogP contribution in [0.5, 0.6) is 0 Å². The van der Waals surface area contributed by atoms with E-state index in [4.69, 9.17) is 11.6 Å². The average molecular weight is 292 g/mol. The third-order valence-corrected chi connectivity index (χ3v) is 3.80. The maximum atomic E-state index is 6.29. The summed E-state index contributed by atoms with van der Waals surface area (Å²) in [7, 11) is 0. The van der Waals surface area contributed by atoms with Crippen molar-refractivity contribution < 1.29 is 0 Å². The summed E-state index contributed by atoms with van der Waals surface area (Å²) >= 11 is 6.29. The minimum absolute atomic E-state index is 0.247. The van der Waals surface area contributed by atoms with Crippen LogP contribution in [0.4, 0.5) is 0 Å². The molecule has 1 unspecified atom stereocenters. The van der Waals surface area contributed by atoms with Crippen LogP contribution < -0.4 is 5.32 Å². The summed E-state index contributed by atoms with van der Waals surface area (Å²) in [6.07, 6.45) is 3.86. The number of halogens is 1. The first-order valence-corrected chi connectivity index (χ1v) is 7.62. The first-order valence-electron chi connectivity index (χ1n) is 7.24. The Hall–Kier alpha value is -1.32. The molecule has 0 saturated carbocycles. The van der Waals surface area contributed by atoms with Crippen LogP contribution in [0, 0.1) is 0 Å². The van der Waals surface area contributed by atoms with Crippen LogP contribution in [0.15, 0.2) is 36.5 Å². The second-order valence-corrected chi connectivity index (χ2v) is 5.28. The van der Waals surface area contributed by atoms with E-state index in [2.05, 4.69) is 36.4 Å². The van der Waals surface area contributed by atoms with Gasteiger partial charge in [0.05, 0.1) is 11.7 Å². The Balaban J connectivity index is 2.22. The van der Waals surface area contributed by atoms with Gasteiger partial charge in [-0.2, -0.15) is 5.10 Å². The Morgan fingerprint density at radius 3 is 2.75 bits per heavy atom. The lowest BCUT2D eigenvalue weighted by Crippen LogP contribution is -2.26. The molecular weight excluding hydrogens is 270 g/mol. The molecule has 0 fully saturated rings. The molecule has 0 aliphatic heterocycles. The maximum absolute atomic E-state index is 6.29. The van der Waals surface area contributed by atoms with E-state index < -0.39 is 0 Å². The van der Waals surface area contributed by atoms with Crippen molar-refractivity contribution in [2.24, 2.45) is 0 Å². The first kappa shape index (κ1) is 15.1. The lowest BCUT2D eigenvalue weighted by Gasteiger charge is -2.20. The predicted octanol–water partition coefficient (Wildman–Crippen LogP) is 3.84. The molecule has 0 bridgehead atoms. The number of benzene rings is 1. The van der Waals surface area contributed by atoms with Crippen molar-refractivity contribution in [1.29, 1.82) is 0 Å². The van der Waals surface area contributed by atoms with E-state index in [-0.39, 0.29) is 6.04 Å². The van der Waals surface area contributed by atoms with Gasteiger partial charge >= 0.3 is 0 Å². The van der Waals surface area contributed by atoms with E-state index in [1.807, 2.05) is 29.1 Å². The summed E-state index contributed by atoms with van der Waals surface area (Å²) in [5.74, 6) is 0. The van der Waals surface area contributed by atoms with Crippen LogP contribution in [0.2, 0.25) is 5.02 Å². The largest absolute Gasteiger partial charge is 0.308 e. The van der Waals surface area contributed by atoms with Crippen LogP contribution >= 0.6 is 11.6 Å². The zero-order valence-corrected chi connectivity index (χ0v) is 12.9. The van der Waals surface area contributed by atoms with Gasteiger partial charge in [0.2, 0.25) is 0 Å². The van der Waals surface area contributed by atoms with Crippen molar-refractivity contribution in [3.8, 4) is 0 Å². The second kappa shape index (κ2) is 7.46. The number of rotatable bonds is 7. The Morgan fingerprint density at radius 1 is 1.25 bits per heavy atom. The number of nitrogens with one attached hydrogen (secondary N) is 1. The minimum atomic E-state index is 0.247. The Kier molecular flexibility index (Phi) is 5.62. The summed E-state index contributed by atoms with van der Waals surface area (Å²) in [5.41, 5.74) is 2.40. The molecule has 3 nitrogen and oxygen atoms in total. The normalized spacial score (nSPS) is 12.6. The van der Waals surface area contributed by atoms with Crippen LogP contribution in [0.3, 0.4) is 0 Å². The fourth-order valence-corrected chi connectivity index (χ4v) is 2.60. The minimum Gasteiger partial charge on any atom is -0.308 e. The van der Waals surface area contributed by atoms with Gasteiger partial charge in [-0.05, 0) is 44.0 Å². The van der Waals surface area contributed by atoms with Gasteiger partial charge in [-0.3, -0.25) is 4.68 Å². The monoisotopic (exact) mass is 291 g/mol. The smallest absolute Gasteiger partial charge is 0.0556 e. The summed E-state index contributed by atoms with van der Waals surface area (Å²) in [6.45, 7) is 6.17. The van der Waals surface area contributed by atoms with Crippen LogP contribution in [0.25, 0.3) is 0 Å². The first-order chi connectivity index (χ1) is 9.76. The predicted molar refractivity (Wildman–Crippen MR) is 84.1 cm³/mol. The zero-order chi connectivity index (χ0) is 14.4. The van der Waals surface area contributed by atoms with Gasteiger partial charge in [-0.1, -0.05) is 36.7 Å².